The van der Waals surface area contributed by atoms with Crippen molar-refractivity contribution in [1.29, 1.82) is 0 Å². The van der Waals surface area contributed by atoms with Crippen molar-refractivity contribution in [2.45, 2.75) is 96.5 Å². The average Bonchev–Trinajstić information content (AvgIpc) is 3.60. The monoisotopic (exact) mass is 610 g/mol. The molecule has 1 saturated heterocycles. The molecule has 3 heterocycles. The highest BCUT2D eigenvalue weighted by atomic mass is 32.1. The molecule has 3 atom stereocenters. The summed E-state index contributed by atoms with van der Waals surface area (Å²) in [5.74, 6) is -0.970. The van der Waals surface area contributed by atoms with E-state index in [0.717, 1.165) is 30.6 Å². The quantitative estimate of drug-likeness (QED) is 0.276. The van der Waals surface area contributed by atoms with E-state index in [0.29, 0.717) is 6.42 Å². The largest absolute Gasteiger partial charge is 0.481 e. The third-order valence-corrected chi connectivity index (χ3v) is 6.44. The lowest BCUT2D eigenvalue weighted by molar-refractivity contribution is -0.137. The molecule has 1 fully saturated rings. The van der Waals surface area contributed by atoms with Gasteiger partial charge in [-0.15, -0.1) is 0 Å². The summed E-state index contributed by atoms with van der Waals surface area (Å²) < 4.78 is 15.2. The minimum atomic E-state index is -0.970. The zero-order valence-corrected chi connectivity index (χ0v) is 26.3. The van der Waals surface area contributed by atoms with Gasteiger partial charge in [0.25, 0.3) is 0 Å². The second-order valence-electron chi connectivity index (χ2n) is 11.2. The molecule has 0 bridgehead atoms. The summed E-state index contributed by atoms with van der Waals surface area (Å²) in [6.07, 6.45) is 1.43. The topological polar surface area (TPSA) is 143 Å². The Kier molecular flexibility index (Phi) is 16.0. The van der Waals surface area contributed by atoms with Gasteiger partial charge in [-0.25, -0.2) is 9.59 Å². The van der Waals surface area contributed by atoms with Gasteiger partial charge in [0, 0.05) is 19.2 Å². The number of carbonyl (C=O) groups is 3. The van der Waals surface area contributed by atoms with Gasteiger partial charge in [-0.1, -0.05) is 0 Å². The number of alkyl carbamates (subject to hydrolysis) is 2. The molecule has 10 nitrogen and oxygen atoms in total. The van der Waals surface area contributed by atoms with Crippen LogP contribution >= 0.6 is 22.7 Å². The number of ether oxygens (including phenoxy) is 3. The zero-order chi connectivity index (χ0) is 31.1. The molecular weight excluding hydrogens is 567 g/mol. The average molecular weight is 611 g/mol. The Hall–Kier alpha value is -2.61. The molecule has 0 aromatic carbocycles. The molecule has 228 valence electrons. The summed E-state index contributed by atoms with van der Waals surface area (Å²) in [5.41, 5.74) is 0.651. The Balaban J connectivity index is 0.000000341. The number of amides is 2. The summed E-state index contributed by atoms with van der Waals surface area (Å²) in [6.45, 7) is 11.6. The van der Waals surface area contributed by atoms with E-state index in [1.165, 1.54) is 11.3 Å². The lowest BCUT2D eigenvalue weighted by Crippen LogP contribution is -2.35. The molecule has 0 spiro atoms. The molecule has 0 aliphatic carbocycles. The second kappa shape index (κ2) is 18.0. The third-order valence-electron chi connectivity index (χ3n) is 5.03. The smallest absolute Gasteiger partial charge is 0.408 e. The van der Waals surface area contributed by atoms with Gasteiger partial charge in [-0.05, 0) is 106 Å². The van der Waals surface area contributed by atoms with Gasteiger partial charge in [-0.2, -0.15) is 22.7 Å². The number of aliphatic hydroxyl groups excluding tert-OH is 1. The van der Waals surface area contributed by atoms with Crippen molar-refractivity contribution in [3.05, 3.63) is 44.8 Å². The Bertz CT molecular complexity index is 1020. The van der Waals surface area contributed by atoms with Crippen LogP contribution in [0, 0.1) is 0 Å². The van der Waals surface area contributed by atoms with Gasteiger partial charge in [0.05, 0.1) is 18.5 Å². The van der Waals surface area contributed by atoms with Crippen molar-refractivity contribution >= 4 is 48.7 Å². The van der Waals surface area contributed by atoms with Crippen LogP contribution < -0.4 is 10.6 Å². The van der Waals surface area contributed by atoms with Crippen LogP contribution in [0.5, 0.6) is 0 Å². The summed E-state index contributed by atoms with van der Waals surface area (Å²) in [4.78, 5) is 34.0. The number of aliphatic carboxylic acids is 1. The number of hydrogen-bond acceptors (Lipinski definition) is 9. The first-order valence-electron chi connectivity index (χ1n) is 13.3. The van der Waals surface area contributed by atoms with E-state index in [2.05, 4.69) is 10.6 Å². The van der Waals surface area contributed by atoms with Crippen molar-refractivity contribution in [3.63, 3.8) is 0 Å². The van der Waals surface area contributed by atoms with Crippen LogP contribution in [0.1, 0.15) is 90.4 Å². The van der Waals surface area contributed by atoms with Crippen LogP contribution in [-0.4, -0.2) is 66.6 Å². The lowest BCUT2D eigenvalue weighted by atomic mass is 9.98. The Morgan fingerprint density at radius 3 is 1.78 bits per heavy atom. The van der Waals surface area contributed by atoms with Gasteiger partial charge in [0.15, 0.2) is 0 Å². The van der Waals surface area contributed by atoms with Crippen LogP contribution in [0.15, 0.2) is 33.7 Å². The molecule has 0 saturated carbocycles. The number of carboxylic acids is 1. The maximum atomic E-state index is 11.6. The van der Waals surface area contributed by atoms with Crippen molar-refractivity contribution in [3.8, 4) is 0 Å². The molecule has 3 unspecified atom stereocenters. The predicted octanol–water partition coefficient (Wildman–Crippen LogP) is 5.78. The predicted molar refractivity (Wildman–Crippen MR) is 162 cm³/mol. The van der Waals surface area contributed by atoms with Gasteiger partial charge < -0.3 is 35.1 Å². The van der Waals surface area contributed by atoms with E-state index in [1.807, 2.05) is 48.4 Å². The molecule has 3 rings (SSSR count). The number of nitrogens with one attached hydrogen (secondary N) is 2. The first kappa shape index (κ1) is 36.4. The number of carbonyl (C=O) groups excluding carboxylic acids is 2. The van der Waals surface area contributed by atoms with Crippen LogP contribution in [0.2, 0.25) is 0 Å². The first-order chi connectivity index (χ1) is 19.1. The molecule has 1 aliphatic heterocycles. The molecule has 41 heavy (non-hydrogen) atoms. The van der Waals surface area contributed by atoms with E-state index in [-0.39, 0.29) is 25.1 Å². The normalized spacial score (nSPS) is 16.1. The summed E-state index contributed by atoms with van der Waals surface area (Å²) in [5, 5.41) is 30.7. The number of rotatable bonds is 8. The molecule has 4 N–H and O–H groups in total. The maximum Gasteiger partial charge on any atom is 0.408 e. The van der Waals surface area contributed by atoms with E-state index in [1.54, 1.807) is 38.2 Å². The van der Waals surface area contributed by atoms with Gasteiger partial charge in [0.1, 0.15) is 19.0 Å². The number of hydrogen-bond donors (Lipinski definition) is 4. The molecule has 2 amide bonds. The zero-order valence-electron chi connectivity index (χ0n) is 24.7. The Morgan fingerprint density at radius 1 is 0.976 bits per heavy atom. The molecule has 2 aromatic rings. The molecule has 13 heteroatoms. The Labute approximate surface area is 252 Å². The number of aliphatic hydroxyl groups is 1. The molecular formula is C28H43BN2O8S2. The first-order valence-corrected chi connectivity index (χ1v) is 15.2. The third kappa shape index (κ3) is 17.7. The van der Waals surface area contributed by atoms with E-state index in [4.69, 9.17) is 32.3 Å². The number of thiophene rings is 2. The number of carboxylic acid groups (broad SMARTS) is 1. The maximum absolute atomic E-state index is 11.6. The van der Waals surface area contributed by atoms with Gasteiger partial charge in [-0.3, -0.25) is 4.79 Å². The van der Waals surface area contributed by atoms with Gasteiger partial charge >= 0.3 is 18.2 Å². The lowest BCUT2D eigenvalue weighted by Gasteiger charge is -2.23. The minimum Gasteiger partial charge on any atom is -0.481 e. The van der Waals surface area contributed by atoms with Crippen LogP contribution in [0.3, 0.4) is 0 Å². The Morgan fingerprint density at radius 2 is 1.46 bits per heavy atom. The highest BCUT2D eigenvalue weighted by Gasteiger charge is 2.23. The minimum absolute atomic E-state index is 0.0241. The molecule has 2 radical (unpaired) electrons. The van der Waals surface area contributed by atoms with Crippen molar-refractivity contribution in [2.75, 3.05) is 13.2 Å². The standard InChI is InChI=1S/C12H17NO4S.C12H19NO3S.C4H7BO/c1-12(2,3)17-11(16)13-9(6-10(14)15)8-4-5-18-7-8;1-12(2,3)16-11(15)13-10(4-6-14)9-5-7-17-8-9;5-4-2-1-3-6-4/h4-5,7,9H,6H2,1-3H3,(H,13,16)(H,14,15);5,7-8,10,14H,4,6H2,1-3H3,(H,13,15);4H,1-3H2. The van der Waals surface area contributed by atoms with E-state index in [9.17, 15) is 14.4 Å². The fourth-order valence-corrected chi connectivity index (χ4v) is 4.76. The molecule has 2 aromatic heterocycles. The second-order valence-corrected chi connectivity index (χ2v) is 12.7. The van der Waals surface area contributed by atoms with Crippen LogP contribution in [-0.2, 0) is 19.0 Å². The van der Waals surface area contributed by atoms with Gasteiger partial charge in [0.2, 0.25) is 0 Å². The van der Waals surface area contributed by atoms with Crippen LogP contribution in [0.4, 0.5) is 9.59 Å². The van der Waals surface area contributed by atoms with E-state index < -0.39 is 35.4 Å². The SMILES string of the molecule is CC(C)(C)OC(=O)NC(CC(=O)O)c1ccsc1.CC(C)(C)OC(=O)NC(CCO)c1ccsc1.[B]C1CCCO1. The van der Waals surface area contributed by atoms with Crippen LogP contribution in [0.25, 0.3) is 0 Å². The van der Waals surface area contributed by atoms with Crippen molar-refractivity contribution in [2.24, 2.45) is 0 Å². The highest BCUT2D eigenvalue weighted by molar-refractivity contribution is 7.08. The summed E-state index contributed by atoms with van der Waals surface area (Å²) >= 11 is 3.01. The van der Waals surface area contributed by atoms with E-state index >= 15 is 0 Å². The summed E-state index contributed by atoms with van der Waals surface area (Å²) in [7, 11) is 5.31. The molecule has 1 aliphatic rings. The fourth-order valence-electron chi connectivity index (χ4n) is 3.33. The van der Waals surface area contributed by atoms with Crippen molar-refractivity contribution in [1.82, 2.24) is 10.6 Å². The van der Waals surface area contributed by atoms with Crippen molar-refractivity contribution < 1.29 is 38.8 Å². The summed E-state index contributed by atoms with van der Waals surface area (Å²) in [6, 6.07) is 3.01. The highest BCUT2D eigenvalue weighted by Crippen LogP contribution is 2.21. The fraction of sp³-hybridized carbons (Fsp3) is 0.607.